The lowest BCUT2D eigenvalue weighted by Gasteiger charge is -2.21. The lowest BCUT2D eigenvalue weighted by molar-refractivity contribution is 0.0900. The molecule has 158 valence electrons. The number of ether oxygens (including phenoxy) is 1. The molecule has 1 heterocycles. The summed E-state index contributed by atoms with van der Waals surface area (Å²) in [6.07, 6.45) is 0.738. The van der Waals surface area contributed by atoms with E-state index in [4.69, 9.17) is 20.8 Å². The first kappa shape index (κ1) is 21.9. The van der Waals surface area contributed by atoms with Crippen molar-refractivity contribution in [2.24, 2.45) is 0 Å². The van der Waals surface area contributed by atoms with Crippen LogP contribution in [-0.4, -0.2) is 31.4 Å². The average molecular weight is 431 g/mol. The second-order valence-corrected chi connectivity index (χ2v) is 7.61. The van der Waals surface area contributed by atoms with Gasteiger partial charge in [-0.3, -0.25) is 4.79 Å². The molecule has 1 aromatic heterocycles. The number of benzene rings is 2. The van der Waals surface area contributed by atoms with Gasteiger partial charge in [-0.15, -0.1) is 0 Å². The Morgan fingerprint density at radius 2 is 1.80 bits per heavy atom. The minimum absolute atomic E-state index is 0.139. The second kappa shape index (κ2) is 10.3. The van der Waals surface area contributed by atoms with Gasteiger partial charge in [0.25, 0.3) is 5.91 Å². The van der Waals surface area contributed by atoms with E-state index in [0.29, 0.717) is 16.5 Å². The summed E-state index contributed by atoms with van der Waals surface area (Å²) in [5.74, 6) is 0.591. The maximum absolute atomic E-state index is 13.0. The summed E-state index contributed by atoms with van der Waals surface area (Å²) < 4.78 is 24.1. The van der Waals surface area contributed by atoms with Crippen molar-refractivity contribution in [1.82, 2.24) is 10.2 Å². The van der Waals surface area contributed by atoms with Crippen LogP contribution in [0.4, 0.5) is 4.39 Å². The van der Waals surface area contributed by atoms with Crippen molar-refractivity contribution in [3.63, 3.8) is 0 Å². The van der Waals surface area contributed by atoms with Gasteiger partial charge in [0.05, 0.1) is 6.04 Å². The predicted molar refractivity (Wildman–Crippen MR) is 114 cm³/mol. The van der Waals surface area contributed by atoms with Gasteiger partial charge >= 0.3 is 0 Å². The fraction of sp³-hybridized carbons (Fsp3) is 0.261. The van der Waals surface area contributed by atoms with E-state index in [1.165, 1.54) is 24.3 Å². The molecule has 5 nitrogen and oxygen atoms in total. The highest BCUT2D eigenvalue weighted by Gasteiger charge is 2.19. The highest BCUT2D eigenvalue weighted by atomic mass is 35.5. The van der Waals surface area contributed by atoms with E-state index in [1.54, 1.807) is 12.1 Å². The molecule has 0 spiro atoms. The van der Waals surface area contributed by atoms with Crippen LogP contribution in [-0.2, 0) is 6.61 Å². The Labute approximate surface area is 180 Å². The summed E-state index contributed by atoms with van der Waals surface area (Å²) in [5, 5.41) is 3.68. The lowest BCUT2D eigenvalue weighted by atomic mass is 10.0. The summed E-state index contributed by atoms with van der Waals surface area (Å²) in [6, 6.07) is 16.3. The zero-order valence-corrected chi connectivity index (χ0v) is 17.7. The van der Waals surface area contributed by atoms with Gasteiger partial charge in [-0.2, -0.15) is 0 Å². The van der Waals surface area contributed by atoms with E-state index in [0.717, 1.165) is 18.5 Å². The topological polar surface area (TPSA) is 54.7 Å². The van der Waals surface area contributed by atoms with Gasteiger partial charge in [0.15, 0.2) is 5.76 Å². The number of nitrogens with zero attached hydrogens (tertiary/aromatic N) is 1. The Morgan fingerprint density at radius 3 is 2.47 bits per heavy atom. The monoisotopic (exact) mass is 430 g/mol. The molecular weight excluding hydrogens is 407 g/mol. The van der Waals surface area contributed by atoms with Crippen LogP contribution in [0.3, 0.4) is 0 Å². The first-order valence-electron chi connectivity index (χ1n) is 9.59. The van der Waals surface area contributed by atoms with E-state index >= 15 is 0 Å². The number of hydrogen-bond donors (Lipinski definition) is 1. The van der Waals surface area contributed by atoms with E-state index in [-0.39, 0.29) is 30.1 Å². The Hall–Kier alpha value is -2.83. The molecule has 30 heavy (non-hydrogen) atoms. The molecule has 2 aromatic carbocycles. The van der Waals surface area contributed by atoms with Gasteiger partial charge < -0.3 is 19.4 Å². The van der Waals surface area contributed by atoms with Crippen LogP contribution in [0.25, 0.3) is 0 Å². The lowest BCUT2D eigenvalue weighted by Crippen LogP contribution is -2.30. The summed E-state index contributed by atoms with van der Waals surface area (Å²) in [5.41, 5.74) is 0.973. The quantitative estimate of drug-likeness (QED) is 0.514. The average Bonchev–Trinajstić information content (AvgIpc) is 3.20. The predicted octanol–water partition coefficient (Wildman–Crippen LogP) is 5.07. The SMILES string of the molecule is CN(C)CCC(NC(=O)c1ccc(COc2ccc(F)cc2)o1)c1ccc(Cl)cc1. The number of nitrogens with one attached hydrogen (secondary N) is 1. The molecule has 0 aliphatic rings. The Bertz CT molecular complexity index is 955. The fourth-order valence-electron chi connectivity index (χ4n) is 2.90. The van der Waals surface area contributed by atoms with E-state index in [9.17, 15) is 9.18 Å². The minimum Gasteiger partial charge on any atom is -0.486 e. The third-order valence-electron chi connectivity index (χ3n) is 4.52. The first-order chi connectivity index (χ1) is 14.4. The van der Waals surface area contributed by atoms with Crippen molar-refractivity contribution in [3.05, 3.63) is 88.6 Å². The van der Waals surface area contributed by atoms with E-state index in [1.807, 2.05) is 38.4 Å². The molecule has 0 aliphatic heterocycles. The van der Waals surface area contributed by atoms with Gasteiger partial charge in [-0.25, -0.2) is 4.39 Å². The molecule has 1 N–H and O–H groups in total. The van der Waals surface area contributed by atoms with Crippen LogP contribution < -0.4 is 10.1 Å². The van der Waals surface area contributed by atoms with Crippen molar-refractivity contribution >= 4 is 17.5 Å². The van der Waals surface area contributed by atoms with Crippen molar-refractivity contribution in [2.45, 2.75) is 19.1 Å². The maximum Gasteiger partial charge on any atom is 0.287 e. The zero-order valence-electron chi connectivity index (χ0n) is 16.9. The molecule has 3 rings (SSSR count). The third kappa shape index (κ3) is 6.34. The molecule has 0 fully saturated rings. The number of hydrogen-bond acceptors (Lipinski definition) is 4. The number of halogens is 2. The van der Waals surface area contributed by atoms with Gasteiger partial charge in [0.2, 0.25) is 0 Å². The number of carbonyl (C=O) groups is 1. The van der Waals surface area contributed by atoms with Crippen molar-refractivity contribution in [1.29, 1.82) is 0 Å². The van der Waals surface area contributed by atoms with Crippen LogP contribution in [0.2, 0.25) is 5.02 Å². The van der Waals surface area contributed by atoms with Gasteiger partial charge in [-0.05, 0) is 81.2 Å². The van der Waals surface area contributed by atoms with Crippen LogP contribution in [0.1, 0.15) is 34.3 Å². The molecule has 0 saturated carbocycles. The minimum atomic E-state index is -0.330. The molecule has 7 heteroatoms. The highest BCUT2D eigenvalue weighted by Crippen LogP contribution is 2.21. The number of rotatable bonds is 9. The van der Waals surface area contributed by atoms with Crippen molar-refractivity contribution < 1.29 is 18.3 Å². The third-order valence-corrected chi connectivity index (χ3v) is 4.77. The summed E-state index contributed by atoms with van der Waals surface area (Å²) in [7, 11) is 3.97. The van der Waals surface area contributed by atoms with Gasteiger partial charge in [-0.1, -0.05) is 23.7 Å². The Kier molecular flexibility index (Phi) is 7.49. The molecule has 0 aliphatic carbocycles. The van der Waals surface area contributed by atoms with Crippen molar-refractivity contribution in [3.8, 4) is 5.75 Å². The Morgan fingerprint density at radius 1 is 1.10 bits per heavy atom. The molecule has 1 amide bonds. The molecule has 0 saturated heterocycles. The largest absolute Gasteiger partial charge is 0.486 e. The maximum atomic E-state index is 13.0. The van der Waals surface area contributed by atoms with Crippen LogP contribution in [0, 0.1) is 5.82 Å². The molecular formula is C23H24ClFN2O3. The summed E-state index contributed by atoms with van der Waals surface area (Å²) in [6.45, 7) is 0.947. The molecule has 1 atom stereocenters. The molecule has 0 radical (unpaired) electrons. The standard InChI is InChI=1S/C23H24ClFN2O3/c1-27(2)14-13-21(16-3-5-17(24)6-4-16)26-23(28)22-12-11-20(30-22)15-29-19-9-7-18(25)8-10-19/h3-12,21H,13-15H2,1-2H3,(H,26,28). The second-order valence-electron chi connectivity index (χ2n) is 7.18. The molecule has 3 aromatic rings. The first-order valence-corrected chi connectivity index (χ1v) is 9.96. The van der Waals surface area contributed by atoms with E-state index < -0.39 is 0 Å². The fourth-order valence-corrected chi connectivity index (χ4v) is 3.02. The van der Waals surface area contributed by atoms with Crippen LogP contribution in [0.15, 0.2) is 65.1 Å². The molecule has 0 bridgehead atoms. The van der Waals surface area contributed by atoms with Crippen molar-refractivity contribution in [2.75, 3.05) is 20.6 Å². The number of furan rings is 1. The Balaban J connectivity index is 1.63. The number of amides is 1. The van der Waals surface area contributed by atoms with E-state index in [2.05, 4.69) is 10.2 Å². The zero-order chi connectivity index (χ0) is 21.5. The smallest absolute Gasteiger partial charge is 0.287 e. The summed E-state index contributed by atoms with van der Waals surface area (Å²) in [4.78, 5) is 14.8. The normalized spacial score (nSPS) is 12.0. The van der Waals surface area contributed by atoms with Crippen LogP contribution >= 0.6 is 11.6 Å². The van der Waals surface area contributed by atoms with Gasteiger partial charge in [0.1, 0.15) is 23.9 Å². The van der Waals surface area contributed by atoms with Crippen LogP contribution in [0.5, 0.6) is 5.75 Å². The highest BCUT2D eigenvalue weighted by molar-refractivity contribution is 6.30. The van der Waals surface area contributed by atoms with Gasteiger partial charge in [0, 0.05) is 5.02 Å². The summed E-state index contributed by atoms with van der Waals surface area (Å²) >= 11 is 5.99. The molecule has 1 unspecified atom stereocenters. The number of carbonyl (C=O) groups excluding carboxylic acids is 1.